The summed E-state index contributed by atoms with van der Waals surface area (Å²) in [7, 11) is 1.59. The number of fused-ring (bicyclic) bond motifs is 1. The zero-order valence-electron chi connectivity index (χ0n) is 27.4. The van der Waals surface area contributed by atoms with Gasteiger partial charge in [-0.3, -0.25) is 9.78 Å². The van der Waals surface area contributed by atoms with Crippen molar-refractivity contribution in [3.05, 3.63) is 96.2 Å². The van der Waals surface area contributed by atoms with Crippen LogP contribution in [0.1, 0.15) is 64.4 Å². The van der Waals surface area contributed by atoms with Crippen molar-refractivity contribution in [2.75, 3.05) is 7.11 Å². The number of aliphatic carboxylic acids is 1. The number of nitrogens with zero attached hydrogens (tertiary/aromatic N) is 4. The molecule has 240 valence electrons. The molecular formula is C37H42N4O4S. The van der Waals surface area contributed by atoms with Gasteiger partial charge < -0.3 is 19.1 Å². The van der Waals surface area contributed by atoms with Crippen molar-refractivity contribution >= 4 is 28.6 Å². The first-order valence-corrected chi connectivity index (χ1v) is 16.4. The van der Waals surface area contributed by atoms with Crippen LogP contribution >= 0.6 is 11.8 Å². The topological polar surface area (TPSA) is 99.4 Å². The quantitative estimate of drug-likeness (QED) is 0.128. The molecule has 46 heavy (non-hydrogen) atoms. The van der Waals surface area contributed by atoms with Gasteiger partial charge in [0.15, 0.2) is 11.6 Å². The first-order chi connectivity index (χ1) is 22.1. The van der Waals surface area contributed by atoms with Crippen molar-refractivity contribution in [1.29, 1.82) is 0 Å². The van der Waals surface area contributed by atoms with Crippen molar-refractivity contribution in [2.45, 2.75) is 76.7 Å². The predicted octanol–water partition coefficient (Wildman–Crippen LogP) is 8.45. The number of methoxy groups -OCH3 is 1. The number of carboxylic acids is 1. The van der Waals surface area contributed by atoms with Gasteiger partial charge in [-0.05, 0) is 48.7 Å². The largest absolute Gasteiger partial charge is 0.494 e. The minimum Gasteiger partial charge on any atom is -0.494 e. The van der Waals surface area contributed by atoms with E-state index in [0.29, 0.717) is 44.0 Å². The molecule has 0 radical (unpaired) electrons. The lowest BCUT2D eigenvalue weighted by Gasteiger charge is -2.29. The normalized spacial score (nSPS) is 12.0. The highest BCUT2D eigenvalue weighted by Gasteiger charge is 2.38. The summed E-state index contributed by atoms with van der Waals surface area (Å²) in [4.78, 5) is 27.1. The number of aromatic nitrogens is 4. The predicted molar refractivity (Wildman–Crippen MR) is 184 cm³/mol. The second-order valence-corrected chi connectivity index (χ2v) is 14.3. The second kappa shape index (κ2) is 14.0. The Morgan fingerprint density at radius 1 is 0.935 bits per heavy atom. The highest BCUT2D eigenvalue weighted by Crippen LogP contribution is 2.45. The van der Waals surface area contributed by atoms with E-state index in [1.165, 1.54) is 0 Å². The average molecular weight is 639 g/mol. The fourth-order valence-corrected chi connectivity index (χ4v) is 6.76. The van der Waals surface area contributed by atoms with E-state index < -0.39 is 11.4 Å². The molecule has 0 atom stereocenters. The molecule has 0 spiro atoms. The number of carbonyl (C=O) groups is 1. The highest BCUT2D eigenvalue weighted by molar-refractivity contribution is 8.00. The lowest BCUT2D eigenvalue weighted by Crippen LogP contribution is -2.33. The van der Waals surface area contributed by atoms with Gasteiger partial charge in [0.25, 0.3) is 0 Å². The Balaban J connectivity index is 1.60. The molecule has 0 aliphatic heterocycles. The molecule has 3 heterocycles. The summed E-state index contributed by atoms with van der Waals surface area (Å²) in [6.07, 6.45) is 6.58. The fourth-order valence-electron chi connectivity index (χ4n) is 5.57. The van der Waals surface area contributed by atoms with Crippen LogP contribution in [0.3, 0.4) is 0 Å². The van der Waals surface area contributed by atoms with Crippen LogP contribution in [-0.4, -0.2) is 42.5 Å². The Morgan fingerprint density at radius 3 is 2.24 bits per heavy atom. The third-order valence-electron chi connectivity index (χ3n) is 8.34. The highest BCUT2D eigenvalue weighted by atomic mass is 32.2. The summed E-state index contributed by atoms with van der Waals surface area (Å²) < 4.78 is 13.6. The minimum atomic E-state index is -0.882. The maximum absolute atomic E-state index is 12.8. The summed E-state index contributed by atoms with van der Waals surface area (Å²) in [5, 5.41) is 11.6. The molecule has 0 saturated heterocycles. The van der Waals surface area contributed by atoms with Gasteiger partial charge in [0.1, 0.15) is 12.4 Å². The van der Waals surface area contributed by atoms with Crippen molar-refractivity contribution < 1.29 is 19.4 Å². The van der Waals surface area contributed by atoms with Gasteiger partial charge in [0, 0.05) is 51.0 Å². The lowest BCUT2D eigenvalue weighted by atomic mass is 9.78. The van der Waals surface area contributed by atoms with Gasteiger partial charge in [-0.25, -0.2) is 9.97 Å². The number of ether oxygens (including phenoxy) is 2. The van der Waals surface area contributed by atoms with Crippen LogP contribution in [0.2, 0.25) is 0 Å². The van der Waals surface area contributed by atoms with Gasteiger partial charge >= 0.3 is 5.97 Å². The first kappa shape index (κ1) is 33.0. The average Bonchev–Trinajstić information content (AvgIpc) is 3.32. The zero-order chi connectivity index (χ0) is 32.9. The van der Waals surface area contributed by atoms with Crippen LogP contribution < -0.4 is 9.47 Å². The molecule has 0 aliphatic carbocycles. The molecule has 0 amide bonds. The Labute approximate surface area is 275 Å². The standard InChI is InChI=1S/C37H42N4O4S/c1-7-37(8-2,35(42)43)20-32-33(46-36(3,4)5)30-19-28(45-24-27-11-9-10-18-38-27)16-17-31(30)41(32)23-25-12-14-26(15-13-25)34-39-21-29(44-6)22-40-34/h9-19,21-22H,7-8,20,23-24H2,1-6H3,(H,42,43). The maximum atomic E-state index is 12.8. The molecule has 0 aliphatic rings. The molecule has 1 N–H and O–H groups in total. The van der Waals surface area contributed by atoms with Gasteiger partial charge in [-0.2, -0.15) is 0 Å². The van der Waals surface area contributed by atoms with Crippen LogP contribution in [0.4, 0.5) is 0 Å². The third-order valence-corrected chi connectivity index (χ3v) is 9.61. The Morgan fingerprint density at radius 2 is 1.65 bits per heavy atom. The number of hydrogen-bond donors (Lipinski definition) is 1. The maximum Gasteiger partial charge on any atom is 0.310 e. The number of rotatable bonds is 13. The van der Waals surface area contributed by atoms with Gasteiger partial charge in [0.05, 0.1) is 30.6 Å². The smallest absolute Gasteiger partial charge is 0.310 e. The van der Waals surface area contributed by atoms with E-state index in [4.69, 9.17) is 9.47 Å². The van der Waals surface area contributed by atoms with Crippen LogP contribution in [0.5, 0.6) is 11.5 Å². The number of hydrogen-bond acceptors (Lipinski definition) is 7. The molecular weight excluding hydrogens is 596 g/mol. The summed E-state index contributed by atoms with van der Waals surface area (Å²) in [6, 6.07) is 20.2. The summed E-state index contributed by atoms with van der Waals surface area (Å²) >= 11 is 1.78. The van der Waals surface area contributed by atoms with E-state index in [0.717, 1.165) is 44.1 Å². The van der Waals surface area contributed by atoms with Crippen LogP contribution in [-0.2, 0) is 24.4 Å². The second-order valence-electron chi connectivity index (χ2n) is 12.5. The van der Waals surface area contributed by atoms with Crippen LogP contribution in [0.25, 0.3) is 22.3 Å². The van der Waals surface area contributed by atoms with Gasteiger partial charge in [0.2, 0.25) is 0 Å². The van der Waals surface area contributed by atoms with E-state index >= 15 is 0 Å². The molecule has 2 aromatic carbocycles. The fraction of sp³-hybridized carbons (Fsp3) is 0.351. The van der Waals surface area contributed by atoms with Crippen LogP contribution in [0, 0.1) is 5.41 Å². The zero-order valence-corrected chi connectivity index (χ0v) is 28.2. The van der Waals surface area contributed by atoms with Crippen molar-refractivity contribution in [3.63, 3.8) is 0 Å². The number of benzene rings is 2. The van der Waals surface area contributed by atoms with Crippen molar-refractivity contribution in [1.82, 2.24) is 19.5 Å². The Bertz CT molecular complexity index is 1780. The SMILES string of the molecule is CCC(CC)(Cc1c(SC(C)(C)C)c2cc(OCc3ccccn3)ccc2n1Cc1ccc(-c2ncc(OC)cn2)cc1)C(=O)O. The molecule has 0 bridgehead atoms. The summed E-state index contributed by atoms with van der Waals surface area (Å²) in [6.45, 7) is 11.5. The van der Waals surface area contributed by atoms with Gasteiger partial charge in [-0.15, -0.1) is 11.8 Å². The van der Waals surface area contributed by atoms with E-state index in [-0.39, 0.29) is 4.75 Å². The van der Waals surface area contributed by atoms with Gasteiger partial charge in [-0.1, -0.05) is 65.0 Å². The minimum absolute atomic E-state index is 0.108. The molecule has 3 aromatic heterocycles. The molecule has 5 aromatic rings. The van der Waals surface area contributed by atoms with E-state index in [2.05, 4.69) is 64.6 Å². The van der Waals surface area contributed by atoms with Crippen molar-refractivity contribution in [3.8, 4) is 22.9 Å². The molecule has 8 nitrogen and oxygen atoms in total. The summed E-state index contributed by atoms with van der Waals surface area (Å²) in [5.41, 5.74) is 4.04. The van der Waals surface area contributed by atoms with E-state index in [1.54, 1.807) is 37.5 Å². The number of carboxylic acid groups (broad SMARTS) is 1. The monoisotopic (exact) mass is 638 g/mol. The lowest BCUT2D eigenvalue weighted by molar-refractivity contribution is -0.149. The Kier molecular flexibility index (Phi) is 10.0. The molecule has 5 rings (SSSR count). The first-order valence-electron chi connectivity index (χ1n) is 15.6. The third kappa shape index (κ3) is 7.36. The number of thioether (sulfide) groups is 1. The molecule has 0 saturated carbocycles. The summed E-state index contributed by atoms with van der Waals surface area (Å²) in [5.74, 6) is 1.22. The molecule has 0 fully saturated rings. The van der Waals surface area contributed by atoms with Crippen LogP contribution in [0.15, 0.2) is 84.1 Å². The Hall–Kier alpha value is -4.37. The number of pyridine rings is 1. The van der Waals surface area contributed by atoms with Crippen molar-refractivity contribution in [2.24, 2.45) is 5.41 Å². The van der Waals surface area contributed by atoms with E-state index in [1.807, 2.05) is 50.2 Å². The molecule has 0 unspecified atom stereocenters. The molecule has 9 heteroatoms. The van der Waals surface area contributed by atoms with E-state index in [9.17, 15) is 9.90 Å².